The lowest BCUT2D eigenvalue weighted by Crippen LogP contribution is -2.09. The molecule has 100 valence electrons. The maximum absolute atomic E-state index is 5.89. The summed E-state index contributed by atoms with van der Waals surface area (Å²) in [5.41, 5.74) is 9.29. The lowest BCUT2D eigenvalue weighted by atomic mass is 10.1. The van der Waals surface area contributed by atoms with Gasteiger partial charge in [-0.1, -0.05) is 36.8 Å². The largest absolute Gasteiger partial charge is 0.383 e. The van der Waals surface area contributed by atoms with Crippen molar-refractivity contribution in [3.05, 3.63) is 46.8 Å². The molecule has 0 spiro atoms. The van der Waals surface area contributed by atoms with Crippen LogP contribution in [0.2, 0.25) is 0 Å². The second-order valence-electron chi connectivity index (χ2n) is 4.69. The van der Waals surface area contributed by atoms with Crippen LogP contribution in [0.15, 0.2) is 24.3 Å². The smallest absolute Gasteiger partial charge is 0.135 e. The number of rotatable bonds is 4. The molecule has 0 atom stereocenters. The molecule has 1 heterocycles. The highest BCUT2D eigenvalue weighted by molar-refractivity contribution is 5.55. The zero-order chi connectivity index (χ0) is 13.8. The van der Waals surface area contributed by atoms with Crippen LogP contribution >= 0.6 is 0 Å². The summed E-state index contributed by atoms with van der Waals surface area (Å²) in [6.07, 6.45) is 0.781. The fourth-order valence-corrected chi connectivity index (χ4v) is 1.80. The van der Waals surface area contributed by atoms with Crippen molar-refractivity contribution >= 4 is 11.6 Å². The predicted octanol–water partition coefficient (Wildman–Crippen LogP) is 2.85. The molecule has 0 fully saturated rings. The molecule has 0 aliphatic rings. The van der Waals surface area contributed by atoms with Gasteiger partial charge in [0.15, 0.2) is 0 Å². The van der Waals surface area contributed by atoms with E-state index in [2.05, 4.69) is 46.5 Å². The first-order chi connectivity index (χ1) is 9.10. The number of nitrogen functional groups attached to an aromatic ring is 1. The first kappa shape index (κ1) is 13.3. The Morgan fingerprint density at radius 1 is 1.11 bits per heavy atom. The summed E-state index contributed by atoms with van der Waals surface area (Å²) < 4.78 is 0. The number of anilines is 2. The molecule has 0 aliphatic carbocycles. The van der Waals surface area contributed by atoms with Crippen LogP contribution in [0.1, 0.15) is 29.4 Å². The molecule has 1 aromatic heterocycles. The van der Waals surface area contributed by atoms with Crippen LogP contribution in [-0.4, -0.2) is 9.97 Å². The number of nitrogens with one attached hydrogen (secondary N) is 1. The third-order valence-corrected chi connectivity index (χ3v) is 3.13. The Hall–Kier alpha value is -2.10. The number of hydrogen-bond acceptors (Lipinski definition) is 4. The minimum atomic E-state index is 0.554. The van der Waals surface area contributed by atoms with Gasteiger partial charge in [-0.15, -0.1) is 0 Å². The SMILES string of the molecule is CCc1nc(N)c(C)c(NCc2ccc(C)cc2)n1. The quantitative estimate of drug-likeness (QED) is 0.883. The molecule has 0 saturated carbocycles. The van der Waals surface area contributed by atoms with Crippen molar-refractivity contribution in [1.82, 2.24) is 9.97 Å². The number of benzene rings is 1. The first-order valence-electron chi connectivity index (χ1n) is 6.52. The van der Waals surface area contributed by atoms with Gasteiger partial charge in [-0.3, -0.25) is 0 Å². The van der Waals surface area contributed by atoms with Crippen LogP contribution in [0.25, 0.3) is 0 Å². The maximum atomic E-state index is 5.89. The molecule has 0 unspecified atom stereocenters. The normalized spacial score (nSPS) is 10.5. The Morgan fingerprint density at radius 3 is 2.42 bits per heavy atom. The van der Waals surface area contributed by atoms with Crippen molar-refractivity contribution in [1.29, 1.82) is 0 Å². The van der Waals surface area contributed by atoms with Gasteiger partial charge in [-0.05, 0) is 19.4 Å². The van der Waals surface area contributed by atoms with Crippen molar-refractivity contribution in [2.45, 2.75) is 33.7 Å². The molecular formula is C15H20N4. The Balaban J connectivity index is 2.14. The first-order valence-corrected chi connectivity index (χ1v) is 6.52. The van der Waals surface area contributed by atoms with Gasteiger partial charge in [0.25, 0.3) is 0 Å². The fraction of sp³-hybridized carbons (Fsp3) is 0.333. The lowest BCUT2D eigenvalue weighted by molar-refractivity contribution is 0.928. The molecule has 0 aliphatic heterocycles. The van der Waals surface area contributed by atoms with Crippen LogP contribution in [0.3, 0.4) is 0 Å². The second kappa shape index (κ2) is 5.69. The van der Waals surface area contributed by atoms with E-state index >= 15 is 0 Å². The number of aryl methyl sites for hydroxylation is 2. The number of nitrogens with zero attached hydrogens (tertiary/aromatic N) is 2. The van der Waals surface area contributed by atoms with E-state index in [1.54, 1.807) is 0 Å². The topological polar surface area (TPSA) is 63.8 Å². The summed E-state index contributed by atoms with van der Waals surface area (Å²) >= 11 is 0. The average molecular weight is 256 g/mol. The Kier molecular flexibility index (Phi) is 4.00. The van der Waals surface area contributed by atoms with E-state index in [9.17, 15) is 0 Å². The van der Waals surface area contributed by atoms with Crippen LogP contribution in [0.5, 0.6) is 0 Å². The Bertz CT molecular complexity index is 561. The van der Waals surface area contributed by atoms with Crippen LogP contribution in [0, 0.1) is 13.8 Å². The van der Waals surface area contributed by atoms with Gasteiger partial charge < -0.3 is 11.1 Å². The van der Waals surface area contributed by atoms with Crippen molar-refractivity contribution in [2.24, 2.45) is 0 Å². The third-order valence-electron chi connectivity index (χ3n) is 3.13. The molecule has 1 aromatic carbocycles. The van der Waals surface area contributed by atoms with E-state index in [1.165, 1.54) is 11.1 Å². The van der Waals surface area contributed by atoms with E-state index < -0.39 is 0 Å². The van der Waals surface area contributed by atoms with E-state index in [4.69, 9.17) is 5.73 Å². The summed E-state index contributed by atoms with van der Waals surface area (Å²) in [5, 5.41) is 3.33. The van der Waals surface area contributed by atoms with E-state index in [0.29, 0.717) is 5.82 Å². The highest BCUT2D eigenvalue weighted by Gasteiger charge is 2.07. The summed E-state index contributed by atoms with van der Waals surface area (Å²) in [5.74, 6) is 2.15. The predicted molar refractivity (Wildman–Crippen MR) is 79.1 cm³/mol. The van der Waals surface area contributed by atoms with Crippen LogP contribution < -0.4 is 11.1 Å². The molecule has 0 amide bonds. The highest BCUT2D eigenvalue weighted by atomic mass is 15.1. The zero-order valence-electron chi connectivity index (χ0n) is 11.7. The van der Waals surface area contributed by atoms with Gasteiger partial charge in [-0.25, -0.2) is 9.97 Å². The molecular weight excluding hydrogens is 236 g/mol. The van der Waals surface area contributed by atoms with Crippen molar-refractivity contribution in [3.8, 4) is 0 Å². The molecule has 2 rings (SSSR count). The standard InChI is InChI=1S/C15H20N4/c1-4-13-18-14(16)11(3)15(19-13)17-9-12-7-5-10(2)6-8-12/h5-8H,4,9H2,1-3H3,(H3,16,17,18,19). The van der Waals surface area contributed by atoms with E-state index in [-0.39, 0.29) is 0 Å². The van der Waals surface area contributed by atoms with Gasteiger partial charge >= 0.3 is 0 Å². The average Bonchev–Trinajstić information content (AvgIpc) is 2.42. The molecule has 2 aromatic rings. The molecule has 0 saturated heterocycles. The third kappa shape index (κ3) is 3.22. The number of aromatic nitrogens is 2. The monoisotopic (exact) mass is 256 g/mol. The lowest BCUT2D eigenvalue weighted by Gasteiger charge is -2.11. The minimum Gasteiger partial charge on any atom is -0.383 e. The Labute approximate surface area is 114 Å². The molecule has 0 bridgehead atoms. The van der Waals surface area contributed by atoms with Gasteiger partial charge in [0.1, 0.15) is 17.5 Å². The van der Waals surface area contributed by atoms with Crippen LogP contribution in [0.4, 0.5) is 11.6 Å². The number of hydrogen-bond donors (Lipinski definition) is 2. The van der Waals surface area contributed by atoms with Crippen LogP contribution in [-0.2, 0) is 13.0 Å². The van der Waals surface area contributed by atoms with Gasteiger partial charge in [0, 0.05) is 18.5 Å². The van der Waals surface area contributed by atoms with Crippen molar-refractivity contribution in [3.63, 3.8) is 0 Å². The van der Waals surface area contributed by atoms with Gasteiger partial charge in [-0.2, -0.15) is 0 Å². The van der Waals surface area contributed by atoms with Crippen molar-refractivity contribution in [2.75, 3.05) is 11.1 Å². The van der Waals surface area contributed by atoms with Gasteiger partial charge in [0.2, 0.25) is 0 Å². The van der Waals surface area contributed by atoms with Crippen molar-refractivity contribution < 1.29 is 0 Å². The minimum absolute atomic E-state index is 0.554. The molecule has 19 heavy (non-hydrogen) atoms. The molecule has 4 heteroatoms. The second-order valence-corrected chi connectivity index (χ2v) is 4.69. The van der Waals surface area contributed by atoms with Gasteiger partial charge in [0.05, 0.1) is 0 Å². The molecule has 3 N–H and O–H groups in total. The summed E-state index contributed by atoms with van der Waals surface area (Å²) in [6, 6.07) is 8.44. The summed E-state index contributed by atoms with van der Waals surface area (Å²) in [7, 11) is 0. The number of nitrogens with two attached hydrogens (primary N) is 1. The maximum Gasteiger partial charge on any atom is 0.135 e. The molecule has 0 radical (unpaired) electrons. The summed E-state index contributed by atoms with van der Waals surface area (Å²) in [4.78, 5) is 8.73. The highest BCUT2D eigenvalue weighted by Crippen LogP contribution is 2.18. The fourth-order valence-electron chi connectivity index (χ4n) is 1.80. The zero-order valence-corrected chi connectivity index (χ0v) is 11.7. The Morgan fingerprint density at radius 2 is 1.79 bits per heavy atom. The van der Waals surface area contributed by atoms with E-state index in [0.717, 1.165) is 30.2 Å². The van der Waals surface area contributed by atoms with E-state index in [1.807, 2.05) is 13.8 Å². The summed E-state index contributed by atoms with van der Waals surface area (Å²) in [6.45, 7) is 6.78. The molecule has 4 nitrogen and oxygen atoms in total.